The van der Waals surface area contributed by atoms with Gasteiger partial charge in [0.15, 0.2) is 0 Å². The number of hydrogen-bond acceptors (Lipinski definition) is 2. The van der Waals surface area contributed by atoms with Gasteiger partial charge in [0.1, 0.15) is 0 Å². The Bertz CT molecular complexity index is 528. The van der Waals surface area contributed by atoms with E-state index in [1.807, 2.05) is 29.2 Å². The van der Waals surface area contributed by atoms with E-state index in [0.717, 1.165) is 24.9 Å². The van der Waals surface area contributed by atoms with Gasteiger partial charge in [0.25, 0.3) is 5.91 Å². The molecule has 0 aliphatic carbocycles. The van der Waals surface area contributed by atoms with Crippen LogP contribution in [0.2, 0.25) is 0 Å². The van der Waals surface area contributed by atoms with Crippen LogP contribution >= 0.6 is 0 Å². The van der Waals surface area contributed by atoms with Crippen LogP contribution in [0.1, 0.15) is 34.7 Å². The van der Waals surface area contributed by atoms with Crippen molar-refractivity contribution < 1.29 is 9.59 Å². The van der Waals surface area contributed by atoms with Crippen molar-refractivity contribution in [2.45, 2.75) is 18.8 Å². The molecule has 1 fully saturated rings. The molecule has 0 radical (unpaired) electrons. The third kappa shape index (κ3) is 3.54. The molecule has 114 valence electrons. The maximum absolute atomic E-state index is 12.0. The quantitative estimate of drug-likeness (QED) is 0.904. The maximum Gasteiger partial charge on any atom is 0.317 e. The molecule has 0 bridgehead atoms. The van der Waals surface area contributed by atoms with E-state index in [4.69, 9.17) is 0 Å². The number of amides is 3. The average molecular weight is 289 g/mol. The number of piperidine rings is 1. The first-order chi connectivity index (χ1) is 10.0. The highest BCUT2D eigenvalue weighted by molar-refractivity contribution is 5.94. The molecule has 3 amide bonds. The standard InChI is InChI=1S/C16H23N3O2/c1-17-16(21)19-9-5-8-14(11-19)12-6-4-7-13(10-12)15(20)18(2)3/h4,6-7,10,14H,5,8-9,11H2,1-3H3,(H,17,21)/t14-/m1/s1. The molecule has 5 heteroatoms. The molecule has 1 aromatic carbocycles. The third-order valence-corrected chi connectivity index (χ3v) is 3.93. The van der Waals surface area contributed by atoms with Crippen molar-refractivity contribution in [2.24, 2.45) is 0 Å². The molecule has 0 aromatic heterocycles. The monoisotopic (exact) mass is 289 g/mol. The van der Waals surface area contributed by atoms with Crippen LogP contribution in [-0.4, -0.2) is 56.0 Å². The highest BCUT2D eigenvalue weighted by atomic mass is 16.2. The summed E-state index contributed by atoms with van der Waals surface area (Å²) in [6.45, 7) is 1.51. The zero-order chi connectivity index (χ0) is 15.4. The van der Waals surface area contributed by atoms with Gasteiger partial charge in [-0.2, -0.15) is 0 Å². The van der Waals surface area contributed by atoms with E-state index >= 15 is 0 Å². The van der Waals surface area contributed by atoms with Crippen LogP contribution in [0.25, 0.3) is 0 Å². The molecular weight excluding hydrogens is 266 g/mol. The molecule has 1 atom stereocenters. The van der Waals surface area contributed by atoms with Crippen LogP contribution < -0.4 is 5.32 Å². The first-order valence-corrected chi connectivity index (χ1v) is 7.31. The fourth-order valence-corrected chi connectivity index (χ4v) is 2.78. The van der Waals surface area contributed by atoms with Crippen LogP contribution in [0.4, 0.5) is 4.79 Å². The summed E-state index contributed by atoms with van der Waals surface area (Å²) in [7, 11) is 5.16. The zero-order valence-electron chi connectivity index (χ0n) is 12.9. The SMILES string of the molecule is CNC(=O)N1CCC[C@@H](c2cccc(C(=O)N(C)C)c2)C1. The van der Waals surface area contributed by atoms with Crippen LogP contribution in [-0.2, 0) is 0 Å². The molecular formula is C16H23N3O2. The summed E-state index contributed by atoms with van der Waals surface area (Å²) >= 11 is 0. The highest BCUT2D eigenvalue weighted by Gasteiger charge is 2.24. The number of likely N-dealkylation sites (tertiary alicyclic amines) is 1. The first-order valence-electron chi connectivity index (χ1n) is 7.31. The van der Waals surface area contributed by atoms with Crippen molar-refractivity contribution in [1.29, 1.82) is 0 Å². The molecule has 1 aliphatic heterocycles. The minimum Gasteiger partial charge on any atom is -0.345 e. The van der Waals surface area contributed by atoms with Gasteiger partial charge in [-0.15, -0.1) is 0 Å². The summed E-state index contributed by atoms with van der Waals surface area (Å²) in [5.41, 5.74) is 1.84. The summed E-state index contributed by atoms with van der Waals surface area (Å²) in [6.07, 6.45) is 2.04. The second kappa shape index (κ2) is 6.61. The van der Waals surface area contributed by atoms with Gasteiger partial charge in [0, 0.05) is 45.7 Å². The van der Waals surface area contributed by atoms with Crippen LogP contribution in [0, 0.1) is 0 Å². The first kappa shape index (κ1) is 15.4. The lowest BCUT2D eigenvalue weighted by Gasteiger charge is -2.32. The largest absolute Gasteiger partial charge is 0.345 e. The smallest absolute Gasteiger partial charge is 0.317 e. The Morgan fingerprint density at radius 3 is 2.76 bits per heavy atom. The number of rotatable bonds is 2. The Balaban J connectivity index is 2.16. The van der Waals surface area contributed by atoms with E-state index in [-0.39, 0.29) is 11.9 Å². The lowest BCUT2D eigenvalue weighted by Crippen LogP contribution is -2.43. The fourth-order valence-electron chi connectivity index (χ4n) is 2.78. The second-order valence-electron chi connectivity index (χ2n) is 5.67. The molecule has 0 saturated carbocycles. The summed E-state index contributed by atoms with van der Waals surface area (Å²) < 4.78 is 0. The molecule has 2 rings (SSSR count). The number of nitrogens with zero attached hydrogens (tertiary/aromatic N) is 2. The van der Waals surface area contributed by atoms with Crippen LogP contribution in [0.5, 0.6) is 0 Å². The average Bonchev–Trinajstić information content (AvgIpc) is 2.53. The molecule has 1 aliphatic rings. The van der Waals surface area contributed by atoms with Gasteiger partial charge >= 0.3 is 6.03 Å². The summed E-state index contributed by atoms with van der Waals surface area (Å²) in [6, 6.07) is 7.74. The zero-order valence-corrected chi connectivity index (χ0v) is 12.9. The molecule has 0 spiro atoms. The molecule has 1 aromatic rings. The number of urea groups is 1. The van der Waals surface area contributed by atoms with Gasteiger partial charge < -0.3 is 15.1 Å². The van der Waals surface area contributed by atoms with Gasteiger partial charge in [-0.3, -0.25) is 4.79 Å². The number of carbonyl (C=O) groups excluding carboxylic acids is 2. The summed E-state index contributed by atoms with van der Waals surface area (Å²) in [5, 5.41) is 2.68. The van der Waals surface area contributed by atoms with Gasteiger partial charge in [-0.05, 0) is 30.5 Å². The van der Waals surface area contributed by atoms with Gasteiger partial charge in [0.2, 0.25) is 0 Å². The van der Waals surface area contributed by atoms with Gasteiger partial charge in [-0.1, -0.05) is 12.1 Å². The van der Waals surface area contributed by atoms with Gasteiger partial charge in [0.05, 0.1) is 0 Å². The predicted octanol–water partition coefficient (Wildman–Crippen LogP) is 1.91. The number of nitrogens with one attached hydrogen (secondary N) is 1. The molecule has 1 heterocycles. The van der Waals surface area contributed by atoms with E-state index in [1.165, 1.54) is 0 Å². The molecule has 1 N–H and O–H groups in total. The molecule has 5 nitrogen and oxygen atoms in total. The summed E-state index contributed by atoms with van der Waals surface area (Å²) in [4.78, 5) is 27.2. The van der Waals surface area contributed by atoms with Crippen molar-refractivity contribution in [3.8, 4) is 0 Å². The predicted molar refractivity (Wildman–Crippen MR) is 82.5 cm³/mol. The van der Waals surface area contributed by atoms with Gasteiger partial charge in [-0.25, -0.2) is 4.79 Å². The molecule has 0 unspecified atom stereocenters. The van der Waals surface area contributed by atoms with Crippen LogP contribution in [0.15, 0.2) is 24.3 Å². The molecule has 1 saturated heterocycles. The second-order valence-corrected chi connectivity index (χ2v) is 5.67. The van der Waals surface area contributed by atoms with Crippen LogP contribution in [0.3, 0.4) is 0 Å². The highest BCUT2D eigenvalue weighted by Crippen LogP contribution is 2.27. The van der Waals surface area contributed by atoms with Crippen molar-refractivity contribution in [3.05, 3.63) is 35.4 Å². The lowest BCUT2D eigenvalue weighted by molar-refractivity contribution is 0.0827. The third-order valence-electron chi connectivity index (χ3n) is 3.93. The molecule has 21 heavy (non-hydrogen) atoms. The number of hydrogen-bond donors (Lipinski definition) is 1. The lowest BCUT2D eigenvalue weighted by atomic mass is 9.89. The van der Waals surface area contributed by atoms with Crippen molar-refractivity contribution in [2.75, 3.05) is 34.2 Å². The number of carbonyl (C=O) groups is 2. The Labute approximate surface area is 125 Å². The Morgan fingerprint density at radius 2 is 2.10 bits per heavy atom. The Morgan fingerprint density at radius 1 is 1.33 bits per heavy atom. The van der Waals surface area contributed by atoms with E-state index in [9.17, 15) is 9.59 Å². The minimum atomic E-state index is -0.0276. The van der Waals surface area contributed by atoms with E-state index < -0.39 is 0 Å². The van der Waals surface area contributed by atoms with E-state index in [1.54, 1.807) is 26.0 Å². The van der Waals surface area contributed by atoms with E-state index in [0.29, 0.717) is 18.0 Å². The number of benzene rings is 1. The topological polar surface area (TPSA) is 52.7 Å². The summed E-state index contributed by atoms with van der Waals surface area (Å²) in [5.74, 6) is 0.307. The Kier molecular flexibility index (Phi) is 4.83. The maximum atomic E-state index is 12.0. The van der Waals surface area contributed by atoms with Crippen molar-refractivity contribution in [3.63, 3.8) is 0 Å². The van der Waals surface area contributed by atoms with Crippen molar-refractivity contribution >= 4 is 11.9 Å². The fraction of sp³-hybridized carbons (Fsp3) is 0.500. The normalized spacial score (nSPS) is 18.2. The van der Waals surface area contributed by atoms with E-state index in [2.05, 4.69) is 5.32 Å². The Hall–Kier alpha value is -2.04. The minimum absolute atomic E-state index is 0.0100. The van der Waals surface area contributed by atoms with Crippen molar-refractivity contribution in [1.82, 2.24) is 15.1 Å².